The standard InChI is InChI=1S/C14H14N2O6/c1-21-14(20)15-8-11(17)22-7-6-16-12(18)9-4-2-3-5-10(9)13(16)19/h2-5H,6-8H2,1H3,(H,15,20). The van der Waals surface area contributed by atoms with E-state index in [1.54, 1.807) is 24.3 Å². The number of nitrogens with one attached hydrogen (secondary N) is 1. The normalized spacial score (nSPS) is 12.9. The van der Waals surface area contributed by atoms with Gasteiger partial charge in [0.25, 0.3) is 11.8 Å². The molecule has 0 atom stereocenters. The van der Waals surface area contributed by atoms with Crippen LogP contribution in [0.25, 0.3) is 0 Å². The minimum atomic E-state index is -0.753. The fraction of sp³-hybridized carbons (Fsp3) is 0.286. The molecule has 0 fully saturated rings. The van der Waals surface area contributed by atoms with Crippen LogP contribution in [0.3, 0.4) is 0 Å². The summed E-state index contributed by atoms with van der Waals surface area (Å²) in [6, 6.07) is 6.49. The minimum absolute atomic E-state index is 0.0453. The van der Waals surface area contributed by atoms with E-state index in [2.05, 4.69) is 10.1 Å². The van der Waals surface area contributed by atoms with Gasteiger partial charge in [0, 0.05) is 0 Å². The first-order valence-electron chi connectivity index (χ1n) is 6.47. The Labute approximate surface area is 126 Å². The number of hydrogen-bond donors (Lipinski definition) is 1. The van der Waals surface area contributed by atoms with Crippen LogP contribution in [0.15, 0.2) is 24.3 Å². The first-order chi connectivity index (χ1) is 10.5. The largest absolute Gasteiger partial charge is 0.462 e. The van der Waals surface area contributed by atoms with Gasteiger partial charge in [-0.25, -0.2) is 4.79 Å². The fourth-order valence-corrected chi connectivity index (χ4v) is 1.96. The maximum Gasteiger partial charge on any atom is 0.407 e. The lowest BCUT2D eigenvalue weighted by atomic mass is 10.1. The van der Waals surface area contributed by atoms with Gasteiger partial charge in [-0.15, -0.1) is 0 Å². The molecule has 22 heavy (non-hydrogen) atoms. The topological polar surface area (TPSA) is 102 Å². The van der Waals surface area contributed by atoms with Crippen LogP contribution in [0.1, 0.15) is 20.7 Å². The molecule has 0 unspecified atom stereocenters. The molecule has 0 aromatic heterocycles. The number of carbonyl (C=O) groups excluding carboxylic acids is 4. The highest BCUT2D eigenvalue weighted by atomic mass is 16.5. The molecule has 1 N–H and O–H groups in total. The average Bonchev–Trinajstić information content (AvgIpc) is 2.78. The molecule has 1 aromatic carbocycles. The van der Waals surface area contributed by atoms with Gasteiger partial charge in [0.2, 0.25) is 0 Å². The number of methoxy groups -OCH3 is 1. The summed E-state index contributed by atoms with van der Waals surface area (Å²) >= 11 is 0. The lowest BCUT2D eigenvalue weighted by Gasteiger charge is -2.13. The molecule has 1 heterocycles. The van der Waals surface area contributed by atoms with E-state index in [1.807, 2.05) is 0 Å². The quantitative estimate of drug-likeness (QED) is 0.615. The number of amides is 3. The van der Waals surface area contributed by atoms with Crippen molar-refractivity contribution >= 4 is 23.9 Å². The van der Waals surface area contributed by atoms with Gasteiger partial charge in [0.05, 0.1) is 24.8 Å². The van der Waals surface area contributed by atoms with Crippen molar-refractivity contribution in [1.82, 2.24) is 10.2 Å². The first-order valence-corrected chi connectivity index (χ1v) is 6.47. The maximum absolute atomic E-state index is 12.0. The van der Waals surface area contributed by atoms with E-state index in [1.165, 1.54) is 7.11 Å². The van der Waals surface area contributed by atoms with Crippen LogP contribution in [0.5, 0.6) is 0 Å². The highest BCUT2D eigenvalue weighted by Crippen LogP contribution is 2.21. The van der Waals surface area contributed by atoms with E-state index in [9.17, 15) is 19.2 Å². The van der Waals surface area contributed by atoms with Gasteiger partial charge >= 0.3 is 12.1 Å². The molecule has 0 saturated carbocycles. The molecule has 0 aliphatic carbocycles. The molecule has 1 aromatic rings. The van der Waals surface area contributed by atoms with Crippen molar-refractivity contribution in [2.24, 2.45) is 0 Å². The molecule has 116 valence electrons. The van der Waals surface area contributed by atoms with E-state index >= 15 is 0 Å². The zero-order valence-corrected chi connectivity index (χ0v) is 11.8. The Bertz CT molecular complexity index is 593. The van der Waals surface area contributed by atoms with Crippen LogP contribution in [0, 0.1) is 0 Å². The third-order valence-corrected chi connectivity index (χ3v) is 3.02. The second kappa shape index (κ2) is 6.70. The van der Waals surface area contributed by atoms with Crippen molar-refractivity contribution in [2.75, 3.05) is 26.8 Å². The number of nitrogens with zero attached hydrogens (tertiary/aromatic N) is 1. The zero-order valence-electron chi connectivity index (χ0n) is 11.8. The van der Waals surface area contributed by atoms with Gasteiger partial charge < -0.3 is 14.8 Å². The average molecular weight is 306 g/mol. The number of ether oxygens (including phenoxy) is 2. The smallest absolute Gasteiger partial charge is 0.407 e. The van der Waals surface area contributed by atoms with Gasteiger partial charge in [-0.3, -0.25) is 19.3 Å². The van der Waals surface area contributed by atoms with E-state index in [-0.39, 0.29) is 19.7 Å². The van der Waals surface area contributed by atoms with Crippen LogP contribution < -0.4 is 5.32 Å². The Morgan fingerprint density at radius 1 is 1.14 bits per heavy atom. The molecule has 0 bridgehead atoms. The second-order valence-electron chi connectivity index (χ2n) is 4.37. The van der Waals surface area contributed by atoms with E-state index in [0.717, 1.165) is 4.90 Å². The van der Waals surface area contributed by atoms with E-state index in [0.29, 0.717) is 11.1 Å². The summed E-state index contributed by atoms with van der Waals surface area (Å²) in [4.78, 5) is 47.2. The Morgan fingerprint density at radius 2 is 1.73 bits per heavy atom. The van der Waals surface area contributed by atoms with Crippen molar-refractivity contribution in [2.45, 2.75) is 0 Å². The summed E-state index contributed by atoms with van der Waals surface area (Å²) < 4.78 is 9.13. The zero-order chi connectivity index (χ0) is 16.1. The summed E-state index contributed by atoms with van der Waals surface area (Å²) in [5.74, 6) is -1.52. The summed E-state index contributed by atoms with van der Waals surface area (Å²) in [6.07, 6.45) is -0.753. The molecular weight excluding hydrogens is 292 g/mol. The number of carbonyl (C=O) groups is 4. The Morgan fingerprint density at radius 3 is 2.27 bits per heavy atom. The first kappa shape index (κ1) is 15.5. The number of rotatable bonds is 5. The van der Waals surface area contributed by atoms with Crippen molar-refractivity contribution < 1.29 is 28.7 Å². The van der Waals surface area contributed by atoms with Gasteiger partial charge in [-0.1, -0.05) is 12.1 Å². The number of benzene rings is 1. The Balaban J connectivity index is 1.81. The summed E-state index contributed by atoms with van der Waals surface area (Å²) in [6.45, 7) is -0.543. The molecule has 0 spiro atoms. The van der Waals surface area contributed by atoms with Crippen LogP contribution in [-0.2, 0) is 14.3 Å². The molecule has 8 nitrogen and oxygen atoms in total. The number of hydrogen-bond acceptors (Lipinski definition) is 6. The predicted octanol–water partition coefficient (Wildman–Crippen LogP) is 0.182. The molecule has 1 aliphatic heterocycles. The van der Waals surface area contributed by atoms with Crippen LogP contribution in [-0.4, -0.2) is 55.6 Å². The Hall–Kier alpha value is -2.90. The van der Waals surface area contributed by atoms with Gasteiger partial charge in [0.15, 0.2) is 0 Å². The van der Waals surface area contributed by atoms with Crippen LogP contribution >= 0.6 is 0 Å². The second-order valence-corrected chi connectivity index (χ2v) is 4.37. The molecule has 0 saturated heterocycles. The van der Waals surface area contributed by atoms with E-state index in [4.69, 9.17) is 4.74 Å². The predicted molar refractivity (Wildman–Crippen MR) is 73.2 cm³/mol. The molecule has 0 radical (unpaired) electrons. The van der Waals surface area contributed by atoms with Crippen LogP contribution in [0.2, 0.25) is 0 Å². The maximum atomic E-state index is 12.0. The SMILES string of the molecule is COC(=O)NCC(=O)OCCN1C(=O)c2ccccc2C1=O. The van der Waals surface area contributed by atoms with Crippen molar-refractivity contribution in [1.29, 1.82) is 0 Å². The van der Waals surface area contributed by atoms with Crippen molar-refractivity contribution in [3.05, 3.63) is 35.4 Å². The Kier molecular flexibility index (Phi) is 4.72. The van der Waals surface area contributed by atoms with Gasteiger partial charge in [-0.2, -0.15) is 0 Å². The molecule has 3 amide bonds. The number of fused-ring (bicyclic) bond motifs is 1. The van der Waals surface area contributed by atoms with Crippen molar-refractivity contribution in [3.8, 4) is 0 Å². The fourth-order valence-electron chi connectivity index (χ4n) is 1.96. The number of imide groups is 1. The third kappa shape index (κ3) is 3.22. The van der Waals surface area contributed by atoms with Crippen molar-refractivity contribution in [3.63, 3.8) is 0 Å². The molecular formula is C14H14N2O6. The summed E-state index contributed by atoms with van der Waals surface area (Å²) in [7, 11) is 1.17. The minimum Gasteiger partial charge on any atom is -0.462 e. The molecule has 1 aliphatic rings. The monoisotopic (exact) mass is 306 g/mol. The highest BCUT2D eigenvalue weighted by molar-refractivity contribution is 6.21. The lowest BCUT2D eigenvalue weighted by Crippen LogP contribution is -2.35. The van der Waals surface area contributed by atoms with Crippen LogP contribution in [0.4, 0.5) is 4.79 Å². The van der Waals surface area contributed by atoms with E-state index < -0.39 is 23.9 Å². The third-order valence-electron chi connectivity index (χ3n) is 3.02. The highest BCUT2D eigenvalue weighted by Gasteiger charge is 2.34. The summed E-state index contributed by atoms with van der Waals surface area (Å²) in [5, 5.41) is 2.16. The summed E-state index contributed by atoms with van der Waals surface area (Å²) in [5.41, 5.74) is 0.678. The lowest BCUT2D eigenvalue weighted by molar-refractivity contribution is -0.142. The van der Waals surface area contributed by atoms with Gasteiger partial charge in [0.1, 0.15) is 13.2 Å². The number of esters is 1. The van der Waals surface area contributed by atoms with Gasteiger partial charge in [-0.05, 0) is 12.1 Å². The molecule has 2 rings (SSSR count). The molecule has 8 heteroatoms. The number of alkyl carbamates (subject to hydrolysis) is 1.